The minimum Gasteiger partial charge on any atom is -0.443 e. The molecule has 154 valence electrons. The van der Waals surface area contributed by atoms with Gasteiger partial charge in [0.2, 0.25) is 6.10 Å². The zero-order chi connectivity index (χ0) is 21.8. The minimum atomic E-state index is -1.24. The van der Waals surface area contributed by atoms with Crippen molar-refractivity contribution in [1.29, 1.82) is 0 Å². The van der Waals surface area contributed by atoms with Crippen LogP contribution in [0.15, 0.2) is 54.6 Å². The Labute approximate surface area is 173 Å². The normalized spacial score (nSPS) is 11.6. The van der Waals surface area contributed by atoms with Crippen molar-refractivity contribution < 1.29 is 23.5 Å². The molecule has 1 heterocycles. The molecule has 0 fully saturated rings. The van der Waals surface area contributed by atoms with Crippen molar-refractivity contribution >= 4 is 23.3 Å². The number of carbonyl (C=O) groups is 3. The van der Waals surface area contributed by atoms with Crippen LogP contribution in [0.5, 0.6) is 0 Å². The second kappa shape index (κ2) is 8.73. The lowest BCUT2D eigenvalue weighted by Crippen LogP contribution is -2.26. The van der Waals surface area contributed by atoms with E-state index in [4.69, 9.17) is 4.74 Å². The summed E-state index contributed by atoms with van der Waals surface area (Å²) in [6.45, 7) is 4.75. The second-order valence-electron chi connectivity index (χ2n) is 6.87. The van der Waals surface area contributed by atoms with Crippen LogP contribution in [-0.2, 0) is 9.53 Å². The number of amides is 1. The van der Waals surface area contributed by atoms with Gasteiger partial charge in [-0.2, -0.15) is 0 Å². The van der Waals surface area contributed by atoms with Gasteiger partial charge in [0.05, 0.1) is 0 Å². The Kier molecular flexibility index (Phi) is 6.11. The number of aryl methyl sites for hydroxylation is 1. The fourth-order valence-corrected chi connectivity index (χ4v) is 3.29. The van der Waals surface area contributed by atoms with Gasteiger partial charge in [-0.15, -0.1) is 0 Å². The standard InChI is InChI=1S/C23H21FN2O4/c1-13-19(15(3)27)14(2)25-20(13)23(29)30-21(16-7-5-4-6-8-16)22(28)26-18-11-9-17(24)10-12-18/h4-12,21,25H,1-3H3,(H,26,28). The Bertz CT molecular complexity index is 1090. The van der Waals surface area contributed by atoms with Crippen LogP contribution in [0, 0.1) is 19.7 Å². The van der Waals surface area contributed by atoms with E-state index in [2.05, 4.69) is 10.3 Å². The molecule has 0 aliphatic heterocycles. The van der Waals surface area contributed by atoms with Crippen molar-refractivity contribution in [2.75, 3.05) is 5.32 Å². The number of H-pyrrole nitrogens is 1. The molecule has 0 aliphatic rings. The molecule has 0 spiro atoms. The van der Waals surface area contributed by atoms with Crippen molar-refractivity contribution in [3.05, 3.63) is 88.5 Å². The molecule has 3 rings (SSSR count). The lowest BCUT2D eigenvalue weighted by Gasteiger charge is -2.18. The smallest absolute Gasteiger partial charge is 0.356 e. The van der Waals surface area contributed by atoms with E-state index in [1.807, 2.05) is 0 Å². The largest absolute Gasteiger partial charge is 0.443 e. The van der Waals surface area contributed by atoms with Crippen LogP contribution in [0.3, 0.4) is 0 Å². The van der Waals surface area contributed by atoms with Gasteiger partial charge in [-0.25, -0.2) is 9.18 Å². The zero-order valence-electron chi connectivity index (χ0n) is 16.8. The third kappa shape index (κ3) is 4.46. The van der Waals surface area contributed by atoms with Gasteiger partial charge >= 0.3 is 5.97 Å². The molecule has 7 heteroatoms. The van der Waals surface area contributed by atoms with Gasteiger partial charge in [0, 0.05) is 22.5 Å². The predicted octanol–water partition coefficient (Wildman–Crippen LogP) is 4.51. The van der Waals surface area contributed by atoms with E-state index in [0.717, 1.165) is 0 Å². The highest BCUT2D eigenvalue weighted by Gasteiger charge is 2.28. The highest BCUT2D eigenvalue weighted by Crippen LogP contribution is 2.25. The number of halogens is 1. The van der Waals surface area contributed by atoms with Gasteiger partial charge in [-0.05, 0) is 50.6 Å². The number of ketones is 1. The number of carbonyl (C=O) groups excluding carboxylic acids is 3. The first-order valence-electron chi connectivity index (χ1n) is 9.30. The minimum absolute atomic E-state index is 0.119. The van der Waals surface area contributed by atoms with Crippen LogP contribution < -0.4 is 5.32 Å². The van der Waals surface area contributed by atoms with Gasteiger partial charge in [-0.1, -0.05) is 30.3 Å². The average molecular weight is 408 g/mol. The summed E-state index contributed by atoms with van der Waals surface area (Å²) in [5, 5.41) is 2.63. The van der Waals surface area contributed by atoms with Gasteiger partial charge in [-0.3, -0.25) is 9.59 Å². The van der Waals surface area contributed by atoms with E-state index in [0.29, 0.717) is 28.1 Å². The molecule has 1 amide bonds. The average Bonchev–Trinajstić information content (AvgIpc) is 3.02. The molecule has 0 aliphatic carbocycles. The fourth-order valence-electron chi connectivity index (χ4n) is 3.29. The van der Waals surface area contributed by atoms with Gasteiger partial charge in [0.15, 0.2) is 5.78 Å². The van der Waals surface area contributed by atoms with Gasteiger partial charge in [0.25, 0.3) is 5.91 Å². The number of aromatic nitrogens is 1. The molecule has 1 aromatic heterocycles. The van der Waals surface area contributed by atoms with Crippen molar-refractivity contribution in [1.82, 2.24) is 4.98 Å². The van der Waals surface area contributed by atoms with Crippen LogP contribution in [0.25, 0.3) is 0 Å². The van der Waals surface area contributed by atoms with E-state index >= 15 is 0 Å². The molecule has 1 unspecified atom stereocenters. The van der Waals surface area contributed by atoms with Crippen molar-refractivity contribution in [2.45, 2.75) is 26.9 Å². The summed E-state index contributed by atoms with van der Waals surface area (Å²) in [5.74, 6) is -1.95. The molecule has 1 atom stereocenters. The summed E-state index contributed by atoms with van der Waals surface area (Å²) >= 11 is 0. The fraction of sp³-hybridized carbons (Fsp3) is 0.174. The molecule has 0 saturated heterocycles. The van der Waals surface area contributed by atoms with Crippen LogP contribution in [0.1, 0.15) is 50.7 Å². The Hall–Kier alpha value is -3.74. The Morgan fingerprint density at radius 3 is 2.20 bits per heavy atom. The maximum absolute atomic E-state index is 13.1. The van der Waals surface area contributed by atoms with Gasteiger partial charge < -0.3 is 15.0 Å². The van der Waals surface area contributed by atoms with Crippen LogP contribution in [0.4, 0.5) is 10.1 Å². The van der Waals surface area contributed by atoms with Crippen molar-refractivity contribution in [3.8, 4) is 0 Å². The maximum atomic E-state index is 13.1. The monoisotopic (exact) mass is 408 g/mol. The lowest BCUT2D eigenvalue weighted by atomic mass is 10.1. The quantitative estimate of drug-likeness (QED) is 0.464. The first-order valence-corrected chi connectivity index (χ1v) is 9.30. The summed E-state index contributed by atoms with van der Waals surface area (Å²) in [4.78, 5) is 40.4. The summed E-state index contributed by atoms with van der Waals surface area (Å²) in [6, 6.07) is 13.8. The topological polar surface area (TPSA) is 88.3 Å². The Morgan fingerprint density at radius 1 is 1.00 bits per heavy atom. The van der Waals surface area contributed by atoms with E-state index in [9.17, 15) is 18.8 Å². The van der Waals surface area contributed by atoms with Gasteiger partial charge in [0.1, 0.15) is 11.5 Å². The van der Waals surface area contributed by atoms with E-state index in [1.54, 1.807) is 44.2 Å². The van der Waals surface area contributed by atoms with Crippen molar-refractivity contribution in [3.63, 3.8) is 0 Å². The molecule has 2 aromatic carbocycles. The van der Waals surface area contributed by atoms with E-state index in [-0.39, 0.29) is 11.5 Å². The number of hydrogen-bond acceptors (Lipinski definition) is 4. The maximum Gasteiger partial charge on any atom is 0.356 e. The molecular formula is C23H21FN2O4. The third-order valence-corrected chi connectivity index (χ3v) is 4.67. The molecule has 2 N–H and O–H groups in total. The number of anilines is 1. The lowest BCUT2D eigenvalue weighted by molar-refractivity contribution is -0.125. The number of aromatic amines is 1. The number of Topliss-reactive ketones (excluding diaryl/α,β-unsaturated/α-hetero) is 1. The number of esters is 1. The first-order chi connectivity index (χ1) is 14.3. The Balaban J connectivity index is 1.89. The first kappa shape index (κ1) is 21.0. The van der Waals surface area contributed by atoms with Crippen LogP contribution in [0.2, 0.25) is 0 Å². The molecule has 0 radical (unpaired) electrons. The van der Waals surface area contributed by atoms with E-state index < -0.39 is 23.8 Å². The van der Waals surface area contributed by atoms with Crippen molar-refractivity contribution in [2.24, 2.45) is 0 Å². The van der Waals surface area contributed by atoms with Crippen LogP contribution >= 0.6 is 0 Å². The highest BCUT2D eigenvalue weighted by molar-refractivity contribution is 6.02. The van der Waals surface area contributed by atoms with E-state index in [1.165, 1.54) is 31.2 Å². The third-order valence-electron chi connectivity index (χ3n) is 4.67. The molecule has 30 heavy (non-hydrogen) atoms. The highest BCUT2D eigenvalue weighted by atomic mass is 19.1. The summed E-state index contributed by atoms with van der Waals surface area (Å²) in [6.07, 6.45) is -1.24. The predicted molar refractivity (Wildman–Crippen MR) is 110 cm³/mol. The molecule has 0 bridgehead atoms. The SMILES string of the molecule is CC(=O)c1c(C)[nH]c(C(=O)OC(C(=O)Nc2ccc(F)cc2)c2ccccc2)c1C. The molecule has 6 nitrogen and oxygen atoms in total. The van der Waals surface area contributed by atoms with Crippen LogP contribution in [-0.4, -0.2) is 22.6 Å². The number of nitrogens with one attached hydrogen (secondary N) is 2. The molecule has 0 saturated carbocycles. The summed E-state index contributed by atoms with van der Waals surface area (Å²) < 4.78 is 18.7. The molecular weight excluding hydrogens is 387 g/mol. The number of ether oxygens (including phenoxy) is 1. The summed E-state index contributed by atoms with van der Waals surface area (Å²) in [5.41, 5.74) is 2.40. The number of hydrogen-bond donors (Lipinski definition) is 2. The molecule has 3 aromatic rings. The Morgan fingerprint density at radius 2 is 1.63 bits per heavy atom. The number of benzene rings is 2. The summed E-state index contributed by atoms with van der Waals surface area (Å²) in [7, 11) is 0. The zero-order valence-corrected chi connectivity index (χ0v) is 16.8. The second-order valence-corrected chi connectivity index (χ2v) is 6.87. The number of rotatable bonds is 6.